The summed E-state index contributed by atoms with van der Waals surface area (Å²) >= 11 is 0. The van der Waals surface area contributed by atoms with Crippen molar-refractivity contribution >= 4 is 15.9 Å². The molecule has 4 saturated heterocycles. The second-order valence-electron chi connectivity index (χ2n) is 11.0. The van der Waals surface area contributed by atoms with E-state index in [1.165, 1.54) is 4.31 Å². The van der Waals surface area contributed by atoms with Crippen LogP contribution in [0.4, 0.5) is 13.2 Å². The van der Waals surface area contributed by atoms with Crippen LogP contribution in [-0.4, -0.2) is 79.5 Å². The summed E-state index contributed by atoms with van der Waals surface area (Å²) in [7, 11) is -3.55. The van der Waals surface area contributed by atoms with E-state index in [4.69, 9.17) is 0 Å². The number of hydrogen-bond acceptors (Lipinski definition) is 5. The molecule has 1 amide bonds. The molecule has 0 bridgehead atoms. The highest BCUT2D eigenvalue weighted by Crippen LogP contribution is 2.43. The van der Waals surface area contributed by atoms with E-state index in [0.717, 1.165) is 32.1 Å². The van der Waals surface area contributed by atoms with Gasteiger partial charge in [-0.15, -0.1) is 0 Å². The van der Waals surface area contributed by atoms with Gasteiger partial charge >= 0.3 is 6.18 Å². The Balaban J connectivity index is 1.27. The van der Waals surface area contributed by atoms with Crippen LogP contribution in [0.25, 0.3) is 0 Å². The van der Waals surface area contributed by atoms with E-state index in [0.29, 0.717) is 52.0 Å². The topological polar surface area (TPSA) is 73.0 Å². The van der Waals surface area contributed by atoms with Crippen LogP contribution in [0.5, 0.6) is 0 Å². The van der Waals surface area contributed by atoms with Crippen LogP contribution >= 0.6 is 0 Å². The predicted molar refractivity (Wildman–Crippen MR) is 133 cm³/mol. The quantitative estimate of drug-likeness (QED) is 0.629. The Morgan fingerprint density at radius 3 is 2.11 bits per heavy atom. The largest absolute Gasteiger partial charge is 0.406 e. The summed E-state index contributed by atoms with van der Waals surface area (Å²) in [4.78, 5) is 15.5. The molecule has 0 spiro atoms. The van der Waals surface area contributed by atoms with Gasteiger partial charge in [-0.3, -0.25) is 4.79 Å². The van der Waals surface area contributed by atoms with Gasteiger partial charge in [-0.25, -0.2) is 18.9 Å². The van der Waals surface area contributed by atoms with Crippen molar-refractivity contribution in [2.45, 2.75) is 74.5 Å². The third kappa shape index (κ3) is 5.55. The number of halogens is 3. The van der Waals surface area contributed by atoms with Crippen molar-refractivity contribution in [3.63, 3.8) is 0 Å². The first-order chi connectivity index (χ1) is 17.7. The molecule has 0 radical (unpaired) electrons. The molecule has 4 aliphatic heterocycles. The van der Waals surface area contributed by atoms with E-state index in [2.05, 4.69) is 5.43 Å². The molecule has 0 saturated carbocycles. The molecule has 7 nitrogen and oxygen atoms in total. The number of piperidine rings is 2. The minimum atomic E-state index is -4.50. The van der Waals surface area contributed by atoms with Crippen molar-refractivity contribution in [3.8, 4) is 0 Å². The second-order valence-corrected chi connectivity index (χ2v) is 13.0. The van der Waals surface area contributed by atoms with Gasteiger partial charge in [0.2, 0.25) is 15.9 Å². The SMILES string of the molecule is O=C(C1C2CC(C3CCN(S(=O)(=O)c4ccccc4)CC3)CCN2NC1C(F)(F)F)N1CCCCCC1. The van der Waals surface area contributed by atoms with E-state index in [1.54, 1.807) is 40.2 Å². The van der Waals surface area contributed by atoms with Gasteiger partial charge in [-0.1, -0.05) is 31.0 Å². The van der Waals surface area contributed by atoms with Crippen LogP contribution in [0.2, 0.25) is 0 Å². The molecule has 206 valence electrons. The Kier molecular flexibility index (Phi) is 7.87. The number of carbonyl (C=O) groups is 1. The zero-order valence-electron chi connectivity index (χ0n) is 21.1. The molecule has 1 aromatic carbocycles. The second kappa shape index (κ2) is 10.8. The van der Waals surface area contributed by atoms with E-state index < -0.39 is 34.2 Å². The number of alkyl halides is 3. The zero-order valence-corrected chi connectivity index (χ0v) is 21.9. The van der Waals surface area contributed by atoms with Crippen molar-refractivity contribution in [1.29, 1.82) is 0 Å². The molecule has 37 heavy (non-hydrogen) atoms. The van der Waals surface area contributed by atoms with Crippen LogP contribution in [0, 0.1) is 17.8 Å². The summed E-state index contributed by atoms with van der Waals surface area (Å²) in [6.07, 6.45) is 1.82. The fourth-order valence-corrected chi connectivity index (χ4v) is 8.34. The van der Waals surface area contributed by atoms with Crippen molar-refractivity contribution in [2.24, 2.45) is 17.8 Å². The number of nitrogens with zero attached hydrogens (tertiary/aromatic N) is 3. The van der Waals surface area contributed by atoms with Gasteiger partial charge in [0.1, 0.15) is 6.04 Å². The van der Waals surface area contributed by atoms with Gasteiger partial charge < -0.3 is 4.90 Å². The molecular formula is C26H37F3N4O3S. The highest BCUT2D eigenvalue weighted by Gasteiger charge is 2.59. The molecule has 4 heterocycles. The van der Waals surface area contributed by atoms with Crippen molar-refractivity contribution in [1.82, 2.24) is 19.6 Å². The Hall–Kier alpha value is -1.69. The van der Waals surface area contributed by atoms with Crippen molar-refractivity contribution < 1.29 is 26.4 Å². The van der Waals surface area contributed by atoms with Crippen LogP contribution < -0.4 is 5.43 Å². The first-order valence-corrected chi connectivity index (χ1v) is 15.0. The molecule has 5 rings (SSSR count). The van der Waals surface area contributed by atoms with Gasteiger partial charge in [0.25, 0.3) is 0 Å². The van der Waals surface area contributed by atoms with E-state index >= 15 is 0 Å². The van der Waals surface area contributed by atoms with Gasteiger partial charge in [0.15, 0.2) is 0 Å². The molecule has 11 heteroatoms. The van der Waals surface area contributed by atoms with Crippen LogP contribution in [-0.2, 0) is 14.8 Å². The molecule has 0 aliphatic carbocycles. The van der Waals surface area contributed by atoms with Crippen LogP contribution in [0.3, 0.4) is 0 Å². The lowest BCUT2D eigenvalue weighted by molar-refractivity contribution is -0.172. The summed E-state index contributed by atoms with van der Waals surface area (Å²) in [5.41, 5.74) is 2.66. The van der Waals surface area contributed by atoms with E-state index in [1.807, 2.05) is 0 Å². The molecule has 0 aromatic heterocycles. The molecule has 4 unspecified atom stereocenters. The lowest BCUT2D eigenvalue weighted by Gasteiger charge is -2.42. The summed E-state index contributed by atoms with van der Waals surface area (Å²) in [6.45, 7) is 2.35. The van der Waals surface area contributed by atoms with E-state index in [-0.39, 0.29) is 22.6 Å². The number of likely N-dealkylation sites (tertiary alicyclic amines) is 1. The summed E-state index contributed by atoms with van der Waals surface area (Å²) in [6, 6.07) is 6.05. The third-order valence-electron chi connectivity index (χ3n) is 8.87. The van der Waals surface area contributed by atoms with Gasteiger partial charge in [-0.05, 0) is 62.5 Å². The molecule has 1 N–H and O–H groups in total. The fourth-order valence-electron chi connectivity index (χ4n) is 6.85. The maximum atomic E-state index is 14.1. The minimum Gasteiger partial charge on any atom is -0.342 e. The van der Waals surface area contributed by atoms with Gasteiger partial charge in [0.05, 0.1) is 10.8 Å². The standard InChI is InChI=1S/C26H37F3N4O3S/c27-26(28,29)24-23(25(34)31-13-6-1-2-7-14-31)22-18-20(12-17-33(22)30-24)19-10-15-32(16-11-19)37(35,36)21-8-4-3-5-9-21/h3-5,8-9,19-20,22-24,30H,1-2,6-7,10-18H2. The number of hydrogen-bond donors (Lipinski definition) is 1. The highest BCUT2D eigenvalue weighted by atomic mass is 32.2. The first-order valence-electron chi connectivity index (χ1n) is 13.6. The normalized spacial score (nSPS) is 31.2. The first kappa shape index (κ1) is 26.9. The molecular weight excluding hydrogens is 505 g/mol. The molecule has 4 aliphatic rings. The fraction of sp³-hybridized carbons (Fsp3) is 0.731. The highest BCUT2D eigenvalue weighted by molar-refractivity contribution is 7.89. The Morgan fingerprint density at radius 1 is 0.865 bits per heavy atom. The Bertz CT molecular complexity index is 1040. The Morgan fingerprint density at radius 2 is 1.49 bits per heavy atom. The smallest absolute Gasteiger partial charge is 0.342 e. The minimum absolute atomic E-state index is 0.177. The van der Waals surface area contributed by atoms with Gasteiger partial charge in [0, 0.05) is 38.8 Å². The van der Waals surface area contributed by atoms with Gasteiger partial charge in [-0.2, -0.15) is 17.5 Å². The molecule has 4 fully saturated rings. The van der Waals surface area contributed by atoms with Crippen molar-refractivity contribution in [2.75, 3.05) is 32.7 Å². The number of rotatable bonds is 4. The number of carbonyl (C=O) groups excluding carboxylic acids is 1. The number of hydrazine groups is 1. The molecule has 1 aromatic rings. The predicted octanol–water partition coefficient (Wildman–Crippen LogP) is 3.64. The van der Waals surface area contributed by atoms with Crippen LogP contribution in [0.1, 0.15) is 51.4 Å². The number of fused-ring (bicyclic) bond motifs is 1. The summed E-state index contributed by atoms with van der Waals surface area (Å²) < 4.78 is 69.8. The lowest BCUT2D eigenvalue weighted by atomic mass is 9.74. The lowest BCUT2D eigenvalue weighted by Crippen LogP contribution is -2.50. The van der Waals surface area contributed by atoms with Crippen molar-refractivity contribution in [3.05, 3.63) is 30.3 Å². The number of nitrogens with one attached hydrogen (secondary N) is 1. The average Bonchev–Trinajstić information content (AvgIpc) is 3.08. The number of sulfonamides is 1. The zero-order chi connectivity index (χ0) is 26.2. The average molecular weight is 543 g/mol. The third-order valence-corrected chi connectivity index (χ3v) is 10.8. The summed E-state index contributed by atoms with van der Waals surface area (Å²) in [5, 5.41) is 1.67. The van der Waals surface area contributed by atoms with E-state index in [9.17, 15) is 26.4 Å². The van der Waals surface area contributed by atoms with Crippen LogP contribution in [0.15, 0.2) is 35.2 Å². The Labute approximate surface area is 217 Å². The number of amides is 1. The number of benzene rings is 1. The summed E-state index contributed by atoms with van der Waals surface area (Å²) in [5.74, 6) is -1.09. The monoisotopic (exact) mass is 542 g/mol. The maximum absolute atomic E-state index is 14.1. The molecule has 4 atom stereocenters. The maximum Gasteiger partial charge on any atom is 0.406 e.